The minimum Gasteiger partial charge on any atom is -0.260 e. The Hall–Kier alpha value is -3.78. The summed E-state index contributed by atoms with van der Waals surface area (Å²) in [5, 5.41) is 0. The average molecular weight is 386 g/mol. The smallest absolute Gasteiger partial charge is 0.0699 e. The van der Waals surface area contributed by atoms with Crippen molar-refractivity contribution in [3.05, 3.63) is 144 Å². The fraction of sp³-hybridized carbons (Fsp3) is 0.0714. The largest absolute Gasteiger partial charge is 0.260 e. The molecule has 2 aromatic heterocycles. The van der Waals surface area contributed by atoms with Gasteiger partial charge in [-0.3, -0.25) is 9.97 Å². The molecule has 0 amide bonds. The predicted octanol–water partition coefficient (Wildman–Crippen LogP) is 6.33. The standard InChI is InChI=1S/C28H22N2/c1-3-11-22(12-4-1)23-19-24(26-15-7-9-17-29-26)21-28(20-23,25-13-5-2-6-14-25)27-16-8-10-18-30-27/h1-19,21H,20H2. The van der Waals surface area contributed by atoms with Crippen molar-refractivity contribution in [1.29, 1.82) is 0 Å². The van der Waals surface area contributed by atoms with E-state index >= 15 is 0 Å². The van der Waals surface area contributed by atoms with E-state index in [2.05, 4.69) is 96.0 Å². The van der Waals surface area contributed by atoms with Gasteiger partial charge in [0.05, 0.1) is 16.8 Å². The zero-order valence-electron chi connectivity index (χ0n) is 16.6. The lowest BCUT2D eigenvalue weighted by molar-refractivity contribution is 0.636. The quantitative estimate of drug-likeness (QED) is 0.409. The zero-order chi connectivity index (χ0) is 20.2. The second-order valence-electron chi connectivity index (χ2n) is 7.58. The second kappa shape index (κ2) is 7.92. The van der Waals surface area contributed by atoms with Crippen molar-refractivity contribution in [2.24, 2.45) is 0 Å². The summed E-state index contributed by atoms with van der Waals surface area (Å²) in [6.07, 6.45) is 9.20. The highest BCUT2D eigenvalue weighted by Crippen LogP contribution is 2.46. The minimum atomic E-state index is -0.366. The summed E-state index contributed by atoms with van der Waals surface area (Å²) in [5.41, 5.74) is 6.53. The van der Waals surface area contributed by atoms with Crippen LogP contribution in [0.5, 0.6) is 0 Å². The Morgan fingerprint density at radius 3 is 1.97 bits per heavy atom. The van der Waals surface area contributed by atoms with Crippen LogP contribution >= 0.6 is 0 Å². The topological polar surface area (TPSA) is 25.8 Å². The summed E-state index contributed by atoms with van der Waals surface area (Å²) in [6.45, 7) is 0. The Balaban J connectivity index is 1.78. The lowest BCUT2D eigenvalue weighted by Gasteiger charge is -2.36. The van der Waals surface area contributed by atoms with Gasteiger partial charge in [0, 0.05) is 12.4 Å². The predicted molar refractivity (Wildman–Crippen MR) is 123 cm³/mol. The first kappa shape index (κ1) is 18.3. The summed E-state index contributed by atoms with van der Waals surface area (Å²) >= 11 is 0. The molecular weight excluding hydrogens is 364 g/mol. The monoisotopic (exact) mass is 386 g/mol. The van der Waals surface area contributed by atoms with Crippen molar-refractivity contribution in [2.75, 3.05) is 0 Å². The summed E-state index contributed by atoms with van der Waals surface area (Å²) < 4.78 is 0. The molecule has 0 saturated heterocycles. The molecule has 0 N–H and O–H groups in total. The SMILES string of the molecule is C1=C(c2ccccc2)CC(c2ccccc2)(c2ccccn2)C=C1c1ccccn1. The molecule has 0 saturated carbocycles. The van der Waals surface area contributed by atoms with E-state index in [-0.39, 0.29) is 5.41 Å². The van der Waals surface area contributed by atoms with Crippen LogP contribution in [-0.4, -0.2) is 9.97 Å². The van der Waals surface area contributed by atoms with Gasteiger partial charge in [-0.1, -0.05) is 78.9 Å². The molecule has 2 nitrogen and oxygen atoms in total. The summed E-state index contributed by atoms with van der Waals surface area (Å²) in [6, 6.07) is 33.6. The maximum atomic E-state index is 4.81. The molecule has 1 aliphatic rings. The number of allylic oxidation sites excluding steroid dienone is 4. The number of aromatic nitrogens is 2. The van der Waals surface area contributed by atoms with E-state index in [4.69, 9.17) is 4.98 Å². The third-order valence-corrected chi connectivity index (χ3v) is 5.72. The molecule has 1 aliphatic carbocycles. The molecule has 1 unspecified atom stereocenters. The Bertz CT molecular complexity index is 1140. The highest BCUT2D eigenvalue weighted by Gasteiger charge is 2.37. The van der Waals surface area contributed by atoms with E-state index in [0.29, 0.717) is 0 Å². The fourth-order valence-electron chi connectivity index (χ4n) is 4.28. The molecule has 0 radical (unpaired) electrons. The number of pyridine rings is 2. The third kappa shape index (κ3) is 3.37. The first-order valence-electron chi connectivity index (χ1n) is 10.2. The van der Waals surface area contributed by atoms with Crippen LogP contribution in [0.25, 0.3) is 11.1 Å². The summed E-state index contributed by atoms with van der Waals surface area (Å²) in [5.74, 6) is 0. The van der Waals surface area contributed by atoms with Crippen molar-refractivity contribution in [3.63, 3.8) is 0 Å². The minimum absolute atomic E-state index is 0.366. The van der Waals surface area contributed by atoms with Crippen LogP contribution in [0.2, 0.25) is 0 Å². The molecule has 2 heterocycles. The first-order valence-corrected chi connectivity index (χ1v) is 10.2. The van der Waals surface area contributed by atoms with Crippen LogP contribution in [0.1, 0.15) is 28.9 Å². The van der Waals surface area contributed by atoms with Gasteiger partial charge < -0.3 is 0 Å². The molecule has 2 aromatic carbocycles. The van der Waals surface area contributed by atoms with E-state index in [1.54, 1.807) is 0 Å². The van der Waals surface area contributed by atoms with E-state index in [1.807, 2.05) is 30.6 Å². The van der Waals surface area contributed by atoms with Crippen LogP contribution in [0.3, 0.4) is 0 Å². The number of rotatable bonds is 4. The Kier molecular flexibility index (Phi) is 4.82. The fourth-order valence-corrected chi connectivity index (χ4v) is 4.28. The second-order valence-corrected chi connectivity index (χ2v) is 7.58. The van der Waals surface area contributed by atoms with Crippen LogP contribution in [-0.2, 0) is 5.41 Å². The average Bonchev–Trinajstić information content (AvgIpc) is 2.86. The normalized spacial score (nSPS) is 18.4. The molecule has 0 spiro atoms. The van der Waals surface area contributed by atoms with Crippen molar-refractivity contribution in [3.8, 4) is 0 Å². The molecule has 5 rings (SSSR count). The van der Waals surface area contributed by atoms with Gasteiger partial charge in [-0.2, -0.15) is 0 Å². The van der Waals surface area contributed by atoms with Gasteiger partial charge in [0.1, 0.15) is 0 Å². The Labute approximate surface area is 177 Å². The molecule has 30 heavy (non-hydrogen) atoms. The van der Waals surface area contributed by atoms with Crippen molar-refractivity contribution >= 4 is 11.1 Å². The van der Waals surface area contributed by atoms with E-state index in [0.717, 1.165) is 23.4 Å². The Morgan fingerprint density at radius 2 is 1.30 bits per heavy atom. The third-order valence-electron chi connectivity index (χ3n) is 5.72. The maximum Gasteiger partial charge on any atom is 0.0699 e. The molecular formula is C28H22N2. The number of hydrogen-bond acceptors (Lipinski definition) is 2. The van der Waals surface area contributed by atoms with Gasteiger partial charge in [-0.05, 0) is 59.0 Å². The van der Waals surface area contributed by atoms with Crippen LogP contribution < -0.4 is 0 Å². The van der Waals surface area contributed by atoms with E-state index in [9.17, 15) is 0 Å². The van der Waals surface area contributed by atoms with Crippen molar-refractivity contribution in [2.45, 2.75) is 11.8 Å². The van der Waals surface area contributed by atoms with Crippen LogP contribution in [0.15, 0.2) is 122 Å². The first-order chi connectivity index (χ1) is 14.9. The van der Waals surface area contributed by atoms with Gasteiger partial charge in [-0.15, -0.1) is 0 Å². The molecule has 2 heteroatoms. The van der Waals surface area contributed by atoms with Gasteiger partial charge in [-0.25, -0.2) is 0 Å². The van der Waals surface area contributed by atoms with Gasteiger partial charge in [0.15, 0.2) is 0 Å². The van der Waals surface area contributed by atoms with Gasteiger partial charge in [0.25, 0.3) is 0 Å². The zero-order valence-corrected chi connectivity index (χ0v) is 16.6. The Morgan fingerprint density at radius 1 is 0.633 bits per heavy atom. The molecule has 4 aromatic rings. The van der Waals surface area contributed by atoms with Crippen molar-refractivity contribution < 1.29 is 0 Å². The number of benzene rings is 2. The van der Waals surface area contributed by atoms with Crippen molar-refractivity contribution in [1.82, 2.24) is 9.97 Å². The number of nitrogens with zero attached hydrogens (tertiary/aromatic N) is 2. The molecule has 0 fully saturated rings. The molecule has 0 bridgehead atoms. The van der Waals surface area contributed by atoms with Crippen LogP contribution in [0.4, 0.5) is 0 Å². The highest BCUT2D eigenvalue weighted by molar-refractivity contribution is 5.87. The molecule has 0 aliphatic heterocycles. The van der Waals surface area contributed by atoms with E-state index in [1.165, 1.54) is 16.7 Å². The number of hydrogen-bond donors (Lipinski definition) is 0. The molecule has 144 valence electrons. The highest BCUT2D eigenvalue weighted by atomic mass is 14.7. The maximum absolute atomic E-state index is 4.81. The molecule has 1 atom stereocenters. The van der Waals surface area contributed by atoms with Gasteiger partial charge >= 0.3 is 0 Å². The lowest BCUT2D eigenvalue weighted by Crippen LogP contribution is -2.29. The van der Waals surface area contributed by atoms with Crippen LogP contribution in [0, 0.1) is 0 Å². The van der Waals surface area contributed by atoms with Gasteiger partial charge in [0.2, 0.25) is 0 Å². The van der Waals surface area contributed by atoms with E-state index < -0.39 is 0 Å². The summed E-state index contributed by atoms with van der Waals surface area (Å²) in [4.78, 5) is 9.47. The lowest BCUT2D eigenvalue weighted by atomic mass is 9.67. The summed E-state index contributed by atoms with van der Waals surface area (Å²) in [7, 11) is 0.